The van der Waals surface area contributed by atoms with Crippen molar-refractivity contribution in [2.45, 2.75) is 134 Å². The largest absolute Gasteiger partial charge is 0.497 e. The lowest BCUT2D eigenvalue weighted by atomic mass is 10.0. The van der Waals surface area contributed by atoms with E-state index < -0.39 is 143 Å². The first-order valence-corrected chi connectivity index (χ1v) is 24.7. The number of amides is 8. The first-order chi connectivity index (χ1) is 33.8. The Morgan fingerprint density at radius 2 is 1.25 bits per heavy atom. The molecule has 25 heteroatoms. The van der Waals surface area contributed by atoms with Gasteiger partial charge < -0.3 is 52.0 Å². The molecule has 396 valence electrons. The molecule has 0 aliphatic carbocycles. The average molecular weight is 1030 g/mol. The lowest BCUT2D eigenvalue weighted by Gasteiger charge is -2.30. The van der Waals surface area contributed by atoms with Gasteiger partial charge in [0.2, 0.25) is 35.4 Å². The molecular formula is C47H66N8O16S. The van der Waals surface area contributed by atoms with Gasteiger partial charge in [-0.05, 0) is 87.1 Å². The number of ether oxygens (including phenoxy) is 2. The summed E-state index contributed by atoms with van der Waals surface area (Å²) >= 11 is 0. The molecule has 0 aromatic heterocycles. The minimum atomic E-state index is -4.95. The molecule has 1 aliphatic rings. The van der Waals surface area contributed by atoms with Crippen LogP contribution in [0.5, 0.6) is 5.75 Å². The van der Waals surface area contributed by atoms with Gasteiger partial charge in [0.25, 0.3) is 15.9 Å². The molecule has 1 fully saturated rings. The van der Waals surface area contributed by atoms with Crippen molar-refractivity contribution in [3.05, 3.63) is 60.2 Å². The van der Waals surface area contributed by atoms with E-state index in [1.807, 2.05) is 0 Å². The van der Waals surface area contributed by atoms with Crippen molar-refractivity contribution in [1.82, 2.24) is 35.8 Å². The molecule has 0 unspecified atom stereocenters. The number of primary amides is 1. The van der Waals surface area contributed by atoms with Crippen LogP contribution >= 0.6 is 0 Å². The topological polar surface area (TPSA) is 356 Å². The third-order valence-electron chi connectivity index (χ3n) is 11.2. The third kappa shape index (κ3) is 18.5. The summed E-state index contributed by atoms with van der Waals surface area (Å²) in [6.45, 7) is 6.82. The molecule has 3 rings (SSSR count). The molecule has 72 heavy (non-hydrogen) atoms. The van der Waals surface area contributed by atoms with E-state index >= 15 is 0 Å². The summed E-state index contributed by atoms with van der Waals surface area (Å²) in [5.74, 6) is -10.6. The van der Waals surface area contributed by atoms with E-state index in [9.17, 15) is 66.6 Å². The number of nitrogens with zero attached hydrogens (tertiary/aromatic N) is 2. The summed E-state index contributed by atoms with van der Waals surface area (Å²) in [7, 11) is -3.61. The second kappa shape index (κ2) is 27.9. The average Bonchev–Trinajstić information content (AvgIpc) is 3.82. The number of carboxylic acid groups (broad SMARTS) is 2. The maximum Gasteiger partial charge on any atom is 0.410 e. The normalized spacial score (nSPS) is 15.4. The fourth-order valence-electron chi connectivity index (χ4n) is 7.43. The predicted octanol–water partition coefficient (Wildman–Crippen LogP) is 0.765. The van der Waals surface area contributed by atoms with Gasteiger partial charge >= 0.3 is 18.0 Å². The molecular weight excluding hydrogens is 965 g/mol. The first kappa shape index (κ1) is 59.0. The lowest BCUT2D eigenvalue weighted by Crippen LogP contribution is -2.59. The van der Waals surface area contributed by atoms with Crippen molar-refractivity contribution in [1.29, 1.82) is 0 Å². The monoisotopic (exact) mass is 1030 g/mol. The van der Waals surface area contributed by atoms with Crippen molar-refractivity contribution >= 4 is 69.4 Å². The molecule has 0 spiro atoms. The van der Waals surface area contributed by atoms with Crippen LogP contribution in [-0.4, -0.2) is 144 Å². The van der Waals surface area contributed by atoms with Crippen LogP contribution in [0.3, 0.4) is 0 Å². The zero-order chi connectivity index (χ0) is 53.9. The maximum absolute atomic E-state index is 14.7. The number of methoxy groups -OCH3 is 1. The molecule has 24 nitrogen and oxygen atoms in total. The molecule has 1 saturated heterocycles. The van der Waals surface area contributed by atoms with Gasteiger partial charge in [0.1, 0.15) is 55.2 Å². The molecule has 1 aliphatic heterocycles. The van der Waals surface area contributed by atoms with Crippen LogP contribution in [0.25, 0.3) is 0 Å². The molecule has 9 N–H and O–H groups in total. The minimum Gasteiger partial charge on any atom is -0.497 e. The summed E-state index contributed by atoms with van der Waals surface area (Å²) < 4.78 is 39.8. The fraction of sp³-hybridized carbons (Fsp3) is 0.532. The Labute approximate surface area is 417 Å². The van der Waals surface area contributed by atoms with E-state index in [0.717, 1.165) is 12.1 Å². The summed E-state index contributed by atoms with van der Waals surface area (Å²) in [5, 5.41) is 30.7. The number of carbonyl (C=O) groups is 10. The summed E-state index contributed by atoms with van der Waals surface area (Å²) in [5.41, 5.74) is 5.93. The number of carbonyl (C=O) groups excluding carboxylic acids is 8. The number of hydrogen-bond acceptors (Lipinski definition) is 14. The third-order valence-corrected chi connectivity index (χ3v) is 13.0. The summed E-state index contributed by atoms with van der Waals surface area (Å²) in [6, 6.07) is 4.89. The van der Waals surface area contributed by atoms with Gasteiger partial charge in [0.05, 0.1) is 12.0 Å². The van der Waals surface area contributed by atoms with E-state index in [1.165, 1.54) is 31.1 Å². The fourth-order valence-corrected chi connectivity index (χ4v) is 8.81. The van der Waals surface area contributed by atoms with Gasteiger partial charge in [-0.3, -0.25) is 48.1 Å². The van der Waals surface area contributed by atoms with Crippen LogP contribution in [-0.2, 0) is 64.5 Å². The van der Waals surface area contributed by atoms with E-state index in [2.05, 4.69) is 26.6 Å². The molecule has 1 heterocycles. The van der Waals surface area contributed by atoms with Gasteiger partial charge in [-0.2, -0.15) is 0 Å². The quantitative estimate of drug-likeness (QED) is 0.0583. The van der Waals surface area contributed by atoms with Crippen LogP contribution in [0.2, 0.25) is 0 Å². The molecule has 6 atom stereocenters. The highest BCUT2D eigenvalue weighted by atomic mass is 32.2. The number of carboxylic acids is 2. The van der Waals surface area contributed by atoms with Gasteiger partial charge in [-0.15, -0.1) is 0 Å². The number of sulfonamides is 1. The Kier molecular flexibility index (Phi) is 22.9. The van der Waals surface area contributed by atoms with Gasteiger partial charge in [-0.1, -0.05) is 58.0 Å². The van der Waals surface area contributed by atoms with Crippen molar-refractivity contribution in [3.63, 3.8) is 0 Å². The lowest BCUT2D eigenvalue weighted by molar-refractivity contribution is -0.140. The first-order valence-electron chi connectivity index (χ1n) is 23.3. The molecule has 2 aromatic carbocycles. The zero-order valence-electron chi connectivity index (χ0n) is 41.1. The number of nitrogens with two attached hydrogens (primary N) is 1. The number of nitrogens with one attached hydrogen (secondary N) is 5. The van der Waals surface area contributed by atoms with Crippen molar-refractivity contribution in [3.8, 4) is 5.75 Å². The van der Waals surface area contributed by atoms with Gasteiger partial charge in [-0.25, -0.2) is 17.5 Å². The highest BCUT2D eigenvalue weighted by Gasteiger charge is 2.41. The maximum atomic E-state index is 14.7. The Morgan fingerprint density at radius 1 is 0.722 bits per heavy atom. The van der Waals surface area contributed by atoms with Gasteiger partial charge in [0, 0.05) is 19.4 Å². The Bertz CT molecular complexity index is 2370. The number of benzene rings is 2. The van der Waals surface area contributed by atoms with Crippen LogP contribution in [0.4, 0.5) is 4.79 Å². The predicted molar refractivity (Wildman–Crippen MR) is 255 cm³/mol. The van der Waals surface area contributed by atoms with Crippen LogP contribution < -0.4 is 37.1 Å². The number of likely N-dealkylation sites (tertiary alicyclic amines) is 1. The van der Waals surface area contributed by atoms with Crippen molar-refractivity contribution in [2.75, 3.05) is 20.2 Å². The SMILES string of the molecule is COc1ccc(S(=O)(=O)N(CC(=O)N[C@@H](CC(C)C)C(=O)N[C@@H](CCC(=O)O)C(=O)N[C@@H](CCC(=O)O)C(=O)N[C@@H](C)C(N)=O)C(=O)[C@H](CC(C)C)NC(=O)[C@@H]2CCCN2C(=O)OCc2ccccc2)cc1. The minimum absolute atomic E-state index is 0.0729. The van der Waals surface area contributed by atoms with E-state index in [1.54, 1.807) is 58.0 Å². The Hall–Kier alpha value is -7.31. The van der Waals surface area contributed by atoms with Crippen molar-refractivity contribution in [2.24, 2.45) is 17.6 Å². The highest BCUT2D eigenvalue weighted by Crippen LogP contribution is 2.24. The molecule has 0 saturated carbocycles. The number of hydrogen-bond donors (Lipinski definition) is 8. The Balaban J connectivity index is 1.96. The van der Waals surface area contributed by atoms with Crippen LogP contribution in [0, 0.1) is 11.8 Å². The van der Waals surface area contributed by atoms with Gasteiger partial charge in [0.15, 0.2) is 0 Å². The van der Waals surface area contributed by atoms with Crippen LogP contribution in [0.15, 0.2) is 59.5 Å². The molecule has 0 radical (unpaired) electrons. The smallest absolute Gasteiger partial charge is 0.410 e. The molecule has 8 amide bonds. The highest BCUT2D eigenvalue weighted by molar-refractivity contribution is 7.89. The second-order valence-electron chi connectivity index (χ2n) is 18.0. The molecule has 2 aromatic rings. The van der Waals surface area contributed by atoms with Crippen LogP contribution in [0.1, 0.15) is 91.5 Å². The van der Waals surface area contributed by atoms with Crippen molar-refractivity contribution < 1.29 is 76.0 Å². The second-order valence-corrected chi connectivity index (χ2v) is 19.8. The number of aliphatic carboxylic acids is 2. The van der Waals surface area contributed by atoms with E-state index in [4.69, 9.17) is 15.2 Å². The number of rotatable bonds is 28. The van der Waals surface area contributed by atoms with E-state index in [0.29, 0.717) is 12.0 Å². The molecule has 0 bridgehead atoms. The Morgan fingerprint density at radius 3 is 1.76 bits per heavy atom. The van der Waals surface area contributed by atoms with E-state index in [-0.39, 0.29) is 54.3 Å². The summed E-state index contributed by atoms with van der Waals surface area (Å²) in [4.78, 5) is 132. The zero-order valence-corrected chi connectivity index (χ0v) is 41.9. The summed E-state index contributed by atoms with van der Waals surface area (Å²) in [6.07, 6.45) is -2.86. The standard InChI is InChI=1S/C47H66N8O16S/c1-27(2)23-35(44(64)52-34(19-21-40(59)60)43(63)51-33(18-20-39(57)58)42(62)49-29(5)41(48)61)50-38(56)25-55(72(68,69)32-16-14-31(70-6)15-17-32)46(66)36(24-28(3)4)53-45(65)37-13-10-22-54(37)47(67)71-26-30-11-8-7-9-12-30/h7-9,11-12,14-17,27-29,33-37H,10,13,18-26H2,1-6H3,(H2,48,61)(H,49,62)(H,50,56)(H,51,63)(H,52,64)(H,53,65)(H,57,58)(H,59,60)/t29-,33-,34-,35-,36-,37-/m0/s1.